The van der Waals surface area contributed by atoms with Gasteiger partial charge in [0.1, 0.15) is 0 Å². The lowest BCUT2D eigenvalue weighted by Gasteiger charge is -2.38. The Labute approximate surface area is 312 Å². The number of nitrogens with one attached hydrogen (secondary N) is 2. The van der Waals surface area contributed by atoms with E-state index in [1.54, 1.807) is 63.1 Å². The maximum atomic E-state index is 14.3. The zero-order valence-electron chi connectivity index (χ0n) is 32.1. The molecule has 6 N–H and O–H groups in total. The smallest absolute Gasteiger partial charge is 0.344 e. The number of hydrogen-bond donors (Lipinski definition) is 6. The quantitative estimate of drug-likeness (QED) is 0.0852. The number of hydrogen-bond acceptors (Lipinski definition) is 12. The Morgan fingerprint density at radius 2 is 1.25 bits per heavy atom. The van der Waals surface area contributed by atoms with E-state index in [1.165, 1.54) is 14.1 Å². The molecule has 0 heterocycles. The van der Waals surface area contributed by atoms with Crippen molar-refractivity contribution in [2.75, 3.05) is 21.1 Å². The van der Waals surface area contributed by atoms with E-state index in [1.807, 2.05) is 37.3 Å². The Morgan fingerprint density at radius 1 is 0.736 bits per heavy atom. The van der Waals surface area contributed by atoms with Crippen LogP contribution in [-0.4, -0.2) is 116 Å². The molecule has 0 radical (unpaired) electrons. The van der Waals surface area contributed by atoms with Crippen molar-refractivity contribution in [3.8, 4) is 0 Å². The maximum Gasteiger partial charge on any atom is 0.344 e. The monoisotopic (exact) mass is 739 g/mol. The number of aliphatic hydroxyl groups is 3. The fourth-order valence-corrected chi connectivity index (χ4v) is 6.56. The molecule has 2 aromatic carbocycles. The molecule has 0 aromatic heterocycles. The van der Waals surface area contributed by atoms with Crippen LogP contribution in [0.1, 0.15) is 71.4 Å². The number of rotatable bonds is 24. The first-order valence-corrected chi connectivity index (χ1v) is 18.0. The molecule has 13 nitrogen and oxygen atoms in total. The van der Waals surface area contributed by atoms with Gasteiger partial charge in [0.15, 0.2) is 34.3 Å². The van der Waals surface area contributed by atoms with Crippen LogP contribution < -0.4 is 10.6 Å². The standard InChI is InChI=1S/C40H57N3O10/c1-9-25(3)32(42-7)34(46)39(52,36(48)40(53,37(49)50)22-30(44)29(41-6)21-27-17-13-11-14-18-27)23-31(45)38(5,51)35(47)33(26(4)10-2)43(8)24-28-19-15-12-16-20-28/h11-20,25-26,29,32-33,41-42,51-53H,9-10,21-24H2,1-8H3,(H,49,50)/t25?,26?,29-,32-,33-,38?,39?,40?/m0/s1. The molecule has 2 aromatic rings. The largest absolute Gasteiger partial charge is 0.479 e. The van der Waals surface area contributed by atoms with Crippen LogP contribution in [0.15, 0.2) is 60.7 Å². The summed E-state index contributed by atoms with van der Waals surface area (Å²) in [4.78, 5) is 84.6. The summed E-state index contributed by atoms with van der Waals surface area (Å²) >= 11 is 0. The van der Waals surface area contributed by atoms with Crippen LogP contribution in [0.3, 0.4) is 0 Å². The molecule has 0 saturated heterocycles. The summed E-state index contributed by atoms with van der Waals surface area (Å²) in [6, 6.07) is 14.4. The summed E-state index contributed by atoms with van der Waals surface area (Å²) < 4.78 is 0. The van der Waals surface area contributed by atoms with Gasteiger partial charge in [-0.15, -0.1) is 0 Å². The first-order chi connectivity index (χ1) is 24.8. The predicted octanol–water partition coefficient (Wildman–Crippen LogP) is 1.92. The third-order valence-corrected chi connectivity index (χ3v) is 10.4. The Morgan fingerprint density at radius 3 is 1.70 bits per heavy atom. The zero-order chi connectivity index (χ0) is 40.3. The summed E-state index contributed by atoms with van der Waals surface area (Å²) in [7, 11) is 4.43. The molecule has 0 saturated carbocycles. The van der Waals surface area contributed by atoms with Crippen molar-refractivity contribution in [2.24, 2.45) is 11.8 Å². The van der Waals surface area contributed by atoms with Crippen LogP contribution in [0, 0.1) is 11.8 Å². The molecule has 0 bridgehead atoms. The Balaban J connectivity index is 2.63. The number of nitrogens with zero attached hydrogens (tertiary/aromatic N) is 1. The van der Waals surface area contributed by atoms with Gasteiger partial charge in [-0.1, -0.05) is 101 Å². The number of benzene rings is 2. The number of carboxylic acids is 1. The summed E-state index contributed by atoms with van der Waals surface area (Å²) in [5.41, 5.74) is -8.63. The predicted molar refractivity (Wildman–Crippen MR) is 199 cm³/mol. The van der Waals surface area contributed by atoms with E-state index in [0.717, 1.165) is 12.5 Å². The van der Waals surface area contributed by atoms with E-state index >= 15 is 0 Å². The molecule has 5 unspecified atom stereocenters. The number of ketones is 5. The van der Waals surface area contributed by atoms with Gasteiger partial charge in [0.25, 0.3) is 0 Å². The van der Waals surface area contributed by atoms with Crippen molar-refractivity contribution in [2.45, 2.75) is 108 Å². The second-order valence-corrected chi connectivity index (χ2v) is 14.3. The second-order valence-electron chi connectivity index (χ2n) is 14.3. The fourth-order valence-electron chi connectivity index (χ4n) is 6.56. The molecular formula is C40H57N3O10. The minimum atomic E-state index is -3.69. The van der Waals surface area contributed by atoms with Crippen molar-refractivity contribution < 1.29 is 49.2 Å². The normalized spacial score (nSPS) is 18.0. The molecule has 53 heavy (non-hydrogen) atoms. The van der Waals surface area contributed by atoms with Crippen LogP contribution in [0.2, 0.25) is 0 Å². The molecule has 0 amide bonds. The highest BCUT2D eigenvalue weighted by atomic mass is 16.4. The van der Waals surface area contributed by atoms with Crippen molar-refractivity contribution in [3.63, 3.8) is 0 Å². The number of aliphatic carboxylic acids is 1. The molecule has 8 atom stereocenters. The minimum absolute atomic E-state index is 0.0542. The van der Waals surface area contributed by atoms with Gasteiger partial charge in [-0.05, 0) is 57.5 Å². The molecule has 0 spiro atoms. The van der Waals surface area contributed by atoms with Crippen molar-refractivity contribution >= 4 is 34.9 Å². The Kier molecular flexibility index (Phi) is 16.5. The van der Waals surface area contributed by atoms with Gasteiger partial charge < -0.3 is 31.1 Å². The fraction of sp³-hybridized carbons (Fsp3) is 0.550. The zero-order valence-corrected chi connectivity index (χ0v) is 32.1. The van der Waals surface area contributed by atoms with Gasteiger partial charge in [0.05, 0.1) is 31.0 Å². The lowest BCUT2D eigenvalue weighted by Crippen LogP contribution is -2.67. The van der Waals surface area contributed by atoms with Gasteiger partial charge in [0, 0.05) is 6.54 Å². The molecule has 0 aliphatic carbocycles. The van der Waals surface area contributed by atoms with Crippen molar-refractivity contribution in [3.05, 3.63) is 71.8 Å². The number of Topliss-reactive ketones (excluding diaryl/α,β-unsaturated/α-hetero) is 5. The van der Waals surface area contributed by atoms with E-state index in [9.17, 15) is 49.2 Å². The summed E-state index contributed by atoms with van der Waals surface area (Å²) in [5.74, 6) is -9.96. The Bertz CT molecular complexity index is 1580. The topological polar surface area (TPSA) is 211 Å². The third-order valence-electron chi connectivity index (χ3n) is 10.4. The van der Waals surface area contributed by atoms with E-state index in [4.69, 9.17) is 0 Å². The van der Waals surface area contributed by atoms with E-state index in [2.05, 4.69) is 10.6 Å². The summed E-state index contributed by atoms with van der Waals surface area (Å²) in [6.45, 7) is 8.08. The van der Waals surface area contributed by atoms with Crippen LogP contribution >= 0.6 is 0 Å². The van der Waals surface area contributed by atoms with E-state index in [-0.39, 0.29) is 13.0 Å². The number of likely N-dealkylation sites (N-methyl/N-ethyl adjacent to an activating group) is 3. The molecule has 0 fully saturated rings. The highest BCUT2D eigenvalue weighted by Crippen LogP contribution is 2.32. The highest BCUT2D eigenvalue weighted by molar-refractivity contribution is 6.25. The second kappa shape index (κ2) is 19.4. The van der Waals surface area contributed by atoms with Gasteiger partial charge in [-0.25, -0.2) is 4.79 Å². The molecule has 0 aliphatic heterocycles. The number of carbonyl (C=O) groups excluding carboxylic acids is 5. The average Bonchev–Trinajstić information content (AvgIpc) is 3.13. The van der Waals surface area contributed by atoms with E-state index in [0.29, 0.717) is 18.4 Å². The van der Waals surface area contributed by atoms with Gasteiger partial charge in [-0.3, -0.25) is 28.9 Å². The van der Waals surface area contributed by atoms with Crippen LogP contribution in [-0.2, 0) is 41.7 Å². The van der Waals surface area contributed by atoms with E-state index < -0.39 is 94.5 Å². The van der Waals surface area contributed by atoms with Crippen LogP contribution in [0.5, 0.6) is 0 Å². The summed E-state index contributed by atoms with van der Waals surface area (Å²) in [6.07, 6.45) is -2.07. The number of carboxylic acid groups (broad SMARTS) is 1. The van der Waals surface area contributed by atoms with Crippen LogP contribution in [0.25, 0.3) is 0 Å². The van der Waals surface area contributed by atoms with Crippen molar-refractivity contribution in [1.82, 2.24) is 15.5 Å². The van der Waals surface area contributed by atoms with Crippen molar-refractivity contribution in [1.29, 1.82) is 0 Å². The first kappa shape index (κ1) is 45.2. The number of carbonyl (C=O) groups is 6. The molecule has 2 rings (SSSR count). The Hall–Kier alpha value is -3.98. The maximum absolute atomic E-state index is 14.3. The minimum Gasteiger partial charge on any atom is -0.479 e. The van der Waals surface area contributed by atoms with Gasteiger partial charge in [-0.2, -0.15) is 0 Å². The first-order valence-electron chi connectivity index (χ1n) is 18.0. The van der Waals surface area contributed by atoms with Gasteiger partial charge >= 0.3 is 5.97 Å². The van der Waals surface area contributed by atoms with Crippen LogP contribution in [0.4, 0.5) is 0 Å². The lowest BCUT2D eigenvalue weighted by molar-refractivity contribution is -0.181. The SMILES string of the molecule is CCC(C)[C@H](NC)C(=O)C(O)(CC(=O)C(C)(O)C(=O)[C@H](C(C)CC)N(C)Cc1ccccc1)C(=O)C(O)(CC(=O)[C@H](Cc1ccccc1)NC)C(=O)O. The van der Waals surface area contributed by atoms with Gasteiger partial charge in [0.2, 0.25) is 11.4 Å². The summed E-state index contributed by atoms with van der Waals surface area (Å²) in [5, 5.41) is 50.9. The molecular weight excluding hydrogens is 682 g/mol. The molecule has 13 heteroatoms. The highest BCUT2D eigenvalue weighted by Gasteiger charge is 2.61. The molecule has 292 valence electrons. The third kappa shape index (κ3) is 10.6. The average molecular weight is 740 g/mol. The lowest BCUT2D eigenvalue weighted by atomic mass is 9.71. The molecule has 0 aliphatic rings.